The Balaban J connectivity index is 1.56. The Bertz CT molecular complexity index is 1230. The van der Waals surface area contributed by atoms with Crippen LogP contribution >= 0.6 is 0 Å². The van der Waals surface area contributed by atoms with Crippen LogP contribution in [0, 0.1) is 5.92 Å². The van der Waals surface area contributed by atoms with Crippen LogP contribution in [0.2, 0.25) is 0 Å². The second-order valence-corrected chi connectivity index (χ2v) is 10.4. The van der Waals surface area contributed by atoms with Gasteiger partial charge in [-0.3, -0.25) is 14.4 Å². The second kappa shape index (κ2) is 11.6. The van der Waals surface area contributed by atoms with Crippen molar-refractivity contribution < 1.29 is 38.5 Å². The van der Waals surface area contributed by atoms with Gasteiger partial charge in [0.05, 0.1) is 38.2 Å². The van der Waals surface area contributed by atoms with Gasteiger partial charge in [0.15, 0.2) is 11.5 Å². The van der Waals surface area contributed by atoms with Crippen molar-refractivity contribution in [2.75, 3.05) is 20.3 Å². The molecule has 2 amide bonds. The van der Waals surface area contributed by atoms with E-state index in [0.29, 0.717) is 40.9 Å². The number of furan rings is 1. The molecule has 0 radical (unpaired) electrons. The third kappa shape index (κ3) is 5.31. The summed E-state index contributed by atoms with van der Waals surface area (Å²) in [6.07, 6.45) is 7.84. The maximum absolute atomic E-state index is 13.7. The molecule has 39 heavy (non-hydrogen) atoms. The quantitative estimate of drug-likeness (QED) is 0.392. The first kappa shape index (κ1) is 27.0. The van der Waals surface area contributed by atoms with Crippen molar-refractivity contribution >= 4 is 18.1 Å². The average Bonchev–Trinajstić information content (AvgIpc) is 3.72. The van der Waals surface area contributed by atoms with E-state index in [1.54, 1.807) is 35.4 Å². The largest absolute Gasteiger partial charge is 0.493 e. The van der Waals surface area contributed by atoms with Crippen LogP contribution in [0.5, 0.6) is 11.5 Å². The van der Waals surface area contributed by atoms with Crippen molar-refractivity contribution in [1.29, 1.82) is 0 Å². The van der Waals surface area contributed by atoms with Gasteiger partial charge in [0.1, 0.15) is 18.5 Å². The lowest BCUT2D eigenvalue weighted by Crippen LogP contribution is -2.55. The number of nitrogens with one attached hydrogen (secondary N) is 1. The molecule has 5 rings (SSSR count). The number of hydrogen-bond acceptors (Lipinski definition) is 8. The highest BCUT2D eigenvalue weighted by Crippen LogP contribution is 2.51. The lowest BCUT2D eigenvalue weighted by Gasteiger charge is -2.41. The molecular formula is C29H34N2O8. The fourth-order valence-corrected chi connectivity index (χ4v) is 6.08. The normalized spacial score (nSPS) is 23.8. The first-order valence-corrected chi connectivity index (χ1v) is 13.4. The van der Waals surface area contributed by atoms with Crippen LogP contribution in [0.1, 0.15) is 59.5 Å². The number of carbonyl (C=O) groups is 3. The maximum atomic E-state index is 13.7. The molecule has 10 heteroatoms. The van der Waals surface area contributed by atoms with Crippen LogP contribution in [-0.2, 0) is 16.1 Å². The summed E-state index contributed by atoms with van der Waals surface area (Å²) >= 11 is 0. The van der Waals surface area contributed by atoms with Crippen LogP contribution < -0.4 is 14.8 Å². The number of nitrogens with zero attached hydrogens (tertiary/aromatic N) is 1. The van der Waals surface area contributed by atoms with Gasteiger partial charge in [-0.1, -0.05) is 12.8 Å². The smallest absolute Gasteiger partial charge is 0.247 e. The minimum Gasteiger partial charge on any atom is -0.493 e. The summed E-state index contributed by atoms with van der Waals surface area (Å²) in [5.74, 6) is -0.331. The number of ether oxygens (including phenoxy) is 2. The van der Waals surface area contributed by atoms with Crippen LogP contribution in [0.4, 0.5) is 0 Å². The zero-order valence-electron chi connectivity index (χ0n) is 21.9. The number of hydrogen-bond donors (Lipinski definition) is 3. The Morgan fingerprint density at radius 3 is 2.72 bits per heavy atom. The molecule has 1 fully saturated rings. The Hall–Kier alpha value is -3.63. The second-order valence-electron chi connectivity index (χ2n) is 10.4. The molecule has 2 aromatic rings. The van der Waals surface area contributed by atoms with Crippen LogP contribution in [0.15, 0.2) is 46.8 Å². The highest BCUT2D eigenvalue weighted by atomic mass is 16.5. The first-order chi connectivity index (χ1) is 18.9. The van der Waals surface area contributed by atoms with Crippen molar-refractivity contribution in [2.24, 2.45) is 5.92 Å². The van der Waals surface area contributed by atoms with E-state index in [1.165, 1.54) is 13.4 Å². The Labute approximate surface area is 226 Å². The summed E-state index contributed by atoms with van der Waals surface area (Å²) in [6, 6.07) is 4.07. The van der Waals surface area contributed by atoms with E-state index in [1.807, 2.05) is 0 Å². The highest BCUT2D eigenvalue weighted by molar-refractivity contribution is 5.96. The van der Waals surface area contributed by atoms with Crippen LogP contribution in [-0.4, -0.2) is 71.7 Å². The van der Waals surface area contributed by atoms with Gasteiger partial charge in [0, 0.05) is 41.8 Å². The van der Waals surface area contributed by atoms with Crippen molar-refractivity contribution in [3.63, 3.8) is 0 Å². The van der Waals surface area contributed by atoms with E-state index in [4.69, 9.17) is 13.9 Å². The molecule has 3 aliphatic rings. The van der Waals surface area contributed by atoms with E-state index in [-0.39, 0.29) is 31.5 Å². The number of benzene rings is 1. The monoisotopic (exact) mass is 538 g/mol. The number of aliphatic hydroxyl groups is 2. The molecule has 10 nitrogen and oxygen atoms in total. The van der Waals surface area contributed by atoms with Gasteiger partial charge in [0.25, 0.3) is 0 Å². The van der Waals surface area contributed by atoms with Crippen molar-refractivity contribution in [1.82, 2.24) is 10.2 Å². The van der Waals surface area contributed by atoms with Gasteiger partial charge in [-0.05, 0) is 43.0 Å². The first-order valence-electron chi connectivity index (χ1n) is 13.4. The molecule has 3 N–H and O–H groups in total. The molecule has 0 bridgehead atoms. The molecular weight excluding hydrogens is 504 g/mol. The molecule has 0 spiro atoms. The Morgan fingerprint density at radius 1 is 1.26 bits per heavy atom. The summed E-state index contributed by atoms with van der Waals surface area (Å²) in [6.45, 7) is -0.0256. The van der Waals surface area contributed by atoms with Gasteiger partial charge < -0.3 is 34.3 Å². The molecule has 0 saturated heterocycles. The minimum absolute atomic E-state index is 0.0333. The van der Waals surface area contributed by atoms with Crippen molar-refractivity contribution in [3.8, 4) is 11.5 Å². The Morgan fingerprint density at radius 2 is 2.05 bits per heavy atom. The van der Waals surface area contributed by atoms with Gasteiger partial charge in [0.2, 0.25) is 11.8 Å². The van der Waals surface area contributed by atoms with Gasteiger partial charge >= 0.3 is 0 Å². The molecule has 1 aromatic carbocycles. The molecule has 1 aliphatic heterocycles. The summed E-state index contributed by atoms with van der Waals surface area (Å²) in [4.78, 5) is 40.4. The van der Waals surface area contributed by atoms with Crippen LogP contribution in [0.3, 0.4) is 0 Å². The predicted octanol–water partition coefficient (Wildman–Crippen LogP) is 2.33. The van der Waals surface area contributed by atoms with Gasteiger partial charge in [-0.2, -0.15) is 0 Å². The molecule has 1 saturated carbocycles. The third-order valence-electron chi connectivity index (χ3n) is 7.96. The number of methoxy groups -OCH3 is 1. The summed E-state index contributed by atoms with van der Waals surface area (Å²) < 4.78 is 16.9. The SMILES string of the molecule is COc1cc(C=O)cc2c1OC1C2C(C(=O)NCCO)=CC(N(Cc2ccoc2)C(=O)CC2CCCC2)C1O. The summed E-state index contributed by atoms with van der Waals surface area (Å²) in [5.41, 5.74) is 1.94. The molecule has 208 valence electrons. The lowest BCUT2D eigenvalue weighted by molar-refractivity contribution is -0.139. The third-order valence-corrected chi connectivity index (χ3v) is 7.96. The average molecular weight is 539 g/mol. The molecule has 4 atom stereocenters. The highest BCUT2D eigenvalue weighted by Gasteiger charge is 2.51. The zero-order chi connectivity index (χ0) is 27.5. The van der Waals surface area contributed by atoms with E-state index >= 15 is 0 Å². The molecule has 2 aliphatic carbocycles. The number of rotatable bonds is 10. The minimum atomic E-state index is -1.18. The lowest BCUT2D eigenvalue weighted by atomic mass is 9.77. The van der Waals surface area contributed by atoms with E-state index in [0.717, 1.165) is 31.2 Å². The van der Waals surface area contributed by atoms with Gasteiger partial charge in [-0.25, -0.2) is 0 Å². The number of aldehydes is 1. The van der Waals surface area contributed by atoms with Crippen LogP contribution in [0.25, 0.3) is 0 Å². The van der Waals surface area contributed by atoms with Crippen molar-refractivity contribution in [2.45, 2.75) is 62.8 Å². The summed E-state index contributed by atoms with van der Waals surface area (Å²) in [7, 11) is 1.45. The number of carbonyl (C=O) groups excluding carboxylic acids is 3. The number of fused-ring (bicyclic) bond motifs is 3. The number of amides is 2. The fraction of sp³-hybridized carbons (Fsp3) is 0.483. The fourth-order valence-electron chi connectivity index (χ4n) is 6.08. The molecule has 4 unspecified atom stereocenters. The summed E-state index contributed by atoms with van der Waals surface area (Å²) in [5, 5.41) is 23.7. The standard InChI is InChI=1S/C29H34N2O8/c1-37-23-11-19(15-33)10-20-25-21(29(36)30-7-8-32)13-22(26(35)28(25)39-27(20)23)31(14-18-6-9-38-16-18)24(34)12-17-4-2-3-5-17/h6,9-11,13,15-17,22,25-26,28,32,35H,2-5,7-8,12,14H2,1H3,(H,30,36). The van der Waals surface area contributed by atoms with E-state index in [2.05, 4.69) is 5.32 Å². The molecule has 2 heterocycles. The zero-order valence-corrected chi connectivity index (χ0v) is 21.9. The van der Waals surface area contributed by atoms with E-state index < -0.39 is 30.1 Å². The van der Waals surface area contributed by atoms with Gasteiger partial charge in [-0.15, -0.1) is 0 Å². The van der Waals surface area contributed by atoms with E-state index in [9.17, 15) is 24.6 Å². The van der Waals surface area contributed by atoms with Crippen molar-refractivity contribution in [3.05, 3.63) is 59.1 Å². The maximum Gasteiger partial charge on any atom is 0.247 e. The number of aliphatic hydroxyl groups excluding tert-OH is 2. The predicted molar refractivity (Wildman–Crippen MR) is 139 cm³/mol. The topological polar surface area (TPSA) is 139 Å². The Kier molecular flexibility index (Phi) is 8.04. The molecule has 1 aromatic heterocycles.